The minimum Gasteiger partial charge on any atom is -0.366 e. The zero-order chi connectivity index (χ0) is 33.6. The summed E-state index contributed by atoms with van der Waals surface area (Å²) in [5.41, 5.74) is 1.40. The van der Waals surface area contributed by atoms with E-state index in [1.807, 2.05) is 0 Å². The lowest BCUT2D eigenvalue weighted by Crippen LogP contribution is -2.36. The van der Waals surface area contributed by atoms with E-state index in [-0.39, 0.29) is 27.9 Å². The van der Waals surface area contributed by atoms with E-state index < -0.39 is 89.3 Å². The van der Waals surface area contributed by atoms with Crippen molar-refractivity contribution in [3.8, 4) is 11.1 Å². The average Bonchev–Trinajstić information content (AvgIpc) is 3.36. The zero-order valence-corrected chi connectivity index (χ0v) is 24.6. The Kier molecular flexibility index (Phi) is 8.73. The Hall–Kier alpha value is -4.65. The molecule has 1 aliphatic carbocycles. The monoisotopic (exact) mass is 665 g/mol. The van der Waals surface area contributed by atoms with Gasteiger partial charge in [-0.1, -0.05) is 18.2 Å². The second kappa shape index (κ2) is 12.3. The number of carbonyl (C=O) groups is 3. The molecule has 0 saturated heterocycles. The van der Waals surface area contributed by atoms with Crippen LogP contribution in [0.2, 0.25) is 0 Å². The molecule has 2 aromatic heterocycles. The fourth-order valence-corrected chi connectivity index (χ4v) is 5.74. The van der Waals surface area contributed by atoms with E-state index in [9.17, 15) is 45.1 Å². The molecule has 8 nitrogen and oxygen atoms in total. The van der Waals surface area contributed by atoms with Crippen LogP contribution in [0.1, 0.15) is 62.2 Å². The van der Waals surface area contributed by atoms with Gasteiger partial charge >= 0.3 is 6.18 Å². The van der Waals surface area contributed by atoms with Gasteiger partial charge in [0.15, 0.2) is 11.5 Å². The van der Waals surface area contributed by atoms with Gasteiger partial charge in [0.25, 0.3) is 11.8 Å². The second-order valence-corrected chi connectivity index (χ2v) is 11.2. The topological polar surface area (TPSA) is 120 Å². The number of ketones is 1. The third-order valence-electron chi connectivity index (χ3n) is 7.27. The maximum absolute atomic E-state index is 14.9. The number of nitrogens with zero attached hydrogens (tertiary/aromatic N) is 3. The van der Waals surface area contributed by atoms with Gasteiger partial charge in [-0.25, -0.2) is 8.78 Å². The predicted octanol–water partition coefficient (Wildman–Crippen LogP) is 5.01. The number of pyridine rings is 1. The molecule has 46 heavy (non-hydrogen) atoms. The van der Waals surface area contributed by atoms with Gasteiger partial charge in [0.05, 0.1) is 22.9 Å². The lowest BCUT2D eigenvalue weighted by Gasteiger charge is -2.24. The number of amides is 2. The summed E-state index contributed by atoms with van der Waals surface area (Å²) in [6.45, 7) is -1.14. The molecule has 0 saturated carbocycles. The summed E-state index contributed by atoms with van der Waals surface area (Å²) < 4.78 is 99.7. The predicted molar refractivity (Wildman–Crippen MR) is 153 cm³/mol. The summed E-state index contributed by atoms with van der Waals surface area (Å²) in [5.74, 6) is -8.72. The molecule has 0 fully saturated rings. The quantitative estimate of drug-likeness (QED) is 0.203. The molecule has 2 amide bonds. The number of fused-ring (bicyclic) bond motifs is 1. The molecular weight excluding hydrogens is 642 g/mol. The number of nitrogens with two attached hydrogens (primary N) is 1. The number of halogens is 7. The molecule has 0 radical (unpaired) electrons. The van der Waals surface area contributed by atoms with Crippen molar-refractivity contribution in [1.29, 1.82) is 0 Å². The molecule has 0 spiro atoms. The first kappa shape index (κ1) is 32.7. The molecule has 0 aliphatic heterocycles. The van der Waals surface area contributed by atoms with E-state index in [4.69, 9.17) is 5.73 Å². The maximum Gasteiger partial charge on any atom is 0.435 e. The SMILES string of the molecule is NC(=O)c1cc(-c2cccnc2C(Cc2cc(F)cc(P)c2)NC(=O)Cn2nc(C(F)(F)F)c3c2C(F)(F)CCC3=O)ccc1F. The Morgan fingerprint density at radius 2 is 1.85 bits per heavy atom. The molecule has 4 aromatic rings. The van der Waals surface area contributed by atoms with Crippen molar-refractivity contribution in [1.82, 2.24) is 20.1 Å². The van der Waals surface area contributed by atoms with E-state index >= 15 is 0 Å². The fourth-order valence-electron chi connectivity index (χ4n) is 5.37. The van der Waals surface area contributed by atoms with Gasteiger partial charge in [-0.15, -0.1) is 9.24 Å². The normalized spacial score (nSPS) is 14.9. The summed E-state index contributed by atoms with van der Waals surface area (Å²) >= 11 is 0. The lowest BCUT2D eigenvalue weighted by molar-refractivity contribution is -0.142. The molecule has 2 aromatic carbocycles. The number of Topliss-reactive ketones (excluding diaryl/α,β-unsaturated/α-hetero) is 1. The molecular formula is C30H23F7N5O3P. The van der Waals surface area contributed by atoms with E-state index in [2.05, 4.69) is 24.6 Å². The molecule has 2 unspecified atom stereocenters. The number of primary amides is 1. The van der Waals surface area contributed by atoms with Gasteiger partial charge in [-0.3, -0.25) is 24.0 Å². The van der Waals surface area contributed by atoms with Crippen molar-refractivity contribution < 1.29 is 45.1 Å². The summed E-state index contributed by atoms with van der Waals surface area (Å²) in [5, 5.41) is 6.22. The van der Waals surface area contributed by atoms with Crippen molar-refractivity contribution in [2.75, 3.05) is 0 Å². The summed E-state index contributed by atoms with van der Waals surface area (Å²) in [6, 6.07) is 9.29. The first-order chi connectivity index (χ1) is 21.5. The Labute approximate surface area is 258 Å². The smallest absolute Gasteiger partial charge is 0.366 e. The van der Waals surface area contributed by atoms with Crippen molar-refractivity contribution in [3.05, 3.63) is 100 Å². The molecule has 3 N–H and O–H groups in total. The lowest BCUT2D eigenvalue weighted by atomic mass is 9.91. The van der Waals surface area contributed by atoms with Crippen LogP contribution < -0.4 is 16.4 Å². The van der Waals surface area contributed by atoms with Crippen LogP contribution in [0, 0.1) is 11.6 Å². The van der Waals surface area contributed by atoms with Crippen LogP contribution in [0.4, 0.5) is 30.7 Å². The summed E-state index contributed by atoms with van der Waals surface area (Å²) in [7, 11) is 2.31. The highest BCUT2D eigenvalue weighted by atomic mass is 31.0. The van der Waals surface area contributed by atoms with Crippen LogP contribution in [-0.4, -0.2) is 32.4 Å². The molecule has 1 aliphatic rings. The summed E-state index contributed by atoms with van der Waals surface area (Å²) in [4.78, 5) is 41.9. The number of hydrogen-bond donors (Lipinski definition) is 2. The van der Waals surface area contributed by atoms with Gasteiger partial charge in [-0.2, -0.15) is 27.1 Å². The van der Waals surface area contributed by atoms with E-state index in [0.717, 1.165) is 12.1 Å². The number of nitrogens with one attached hydrogen (secondary N) is 1. The van der Waals surface area contributed by atoms with Gasteiger partial charge in [0, 0.05) is 24.6 Å². The molecule has 5 rings (SSSR count). The van der Waals surface area contributed by atoms with E-state index in [1.54, 1.807) is 6.07 Å². The van der Waals surface area contributed by atoms with Crippen LogP contribution in [0.25, 0.3) is 11.1 Å². The molecule has 2 heterocycles. The Bertz CT molecular complexity index is 1860. The number of hydrogen-bond acceptors (Lipinski definition) is 5. The summed E-state index contributed by atoms with van der Waals surface area (Å²) in [6.07, 6.45) is -5.97. The van der Waals surface area contributed by atoms with Crippen molar-refractivity contribution >= 4 is 32.1 Å². The van der Waals surface area contributed by atoms with Gasteiger partial charge in [0.1, 0.15) is 23.9 Å². The van der Waals surface area contributed by atoms with E-state index in [0.29, 0.717) is 10.9 Å². The minimum absolute atomic E-state index is 0.103. The van der Waals surface area contributed by atoms with Crippen LogP contribution in [-0.2, 0) is 29.9 Å². The molecule has 2 atom stereocenters. The van der Waals surface area contributed by atoms with E-state index in [1.165, 1.54) is 36.5 Å². The van der Waals surface area contributed by atoms with Crippen LogP contribution in [0.15, 0.2) is 54.7 Å². The second-order valence-electron chi connectivity index (χ2n) is 10.6. The Morgan fingerprint density at radius 1 is 1.11 bits per heavy atom. The highest BCUT2D eigenvalue weighted by Crippen LogP contribution is 2.44. The van der Waals surface area contributed by atoms with Gasteiger partial charge in [-0.05, 0) is 53.2 Å². The number of benzene rings is 2. The molecule has 240 valence electrons. The van der Waals surface area contributed by atoms with Gasteiger partial charge in [0.2, 0.25) is 5.91 Å². The highest BCUT2D eigenvalue weighted by Gasteiger charge is 2.51. The minimum atomic E-state index is -5.26. The molecule has 16 heteroatoms. The largest absolute Gasteiger partial charge is 0.435 e. The van der Waals surface area contributed by atoms with Gasteiger partial charge < -0.3 is 11.1 Å². The third kappa shape index (κ3) is 6.64. The first-order valence-corrected chi connectivity index (χ1v) is 14.1. The van der Waals surface area contributed by atoms with Crippen molar-refractivity contribution in [2.24, 2.45) is 5.73 Å². The first-order valence-electron chi connectivity index (χ1n) is 13.5. The number of rotatable bonds is 8. The molecule has 0 bridgehead atoms. The number of alkyl halides is 5. The zero-order valence-electron chi connectivity index (χ0n) is 23.5. The number of carbonyl (C=O) groups excluding carboxylic acids is 3. The van der Waals surface area contributed by atoms with Crippen molar-refractivity contribution in [2.45, 2.75) is 43.9 Å². The van der Waals surface area contributed by atoms with Crippen LogP contribution in [0.3, 0.4) is 0 Å². The third-order valence-corrected chi connectivity index (χ3v) is 7.61. The number of aromatic nitrogens is 3. The Balaban J connectivity index is 1.57. The van der Waals surface area contributed by atoms with Crippen LogP contribution in [0.5, 0.6) is 0 Å². The van der Waals surface area contributed by atoms with Crippen molar-refractivity contribution in [3.63, 3.8) is 0 Å². The standard InChI is InChI=1S/C30H23F7N5O3P/c31-16-8-14(9-17(46)12-16)10-21(25-18(2-1-7-39-25)15-3-4-20(32)19(11-15)28(38)45)40-23(44)13-42-27-24(26(41-42)30(35,36)37)22(43)5-6-29(27,33)34/h1-4,7-9,11-12,21H,5-6,10,13,46H2,(H2,38,45)(H,40,44). The van der Waals surface area contributed by atoms with Crippen LogP contribution >= 0.6 is 9.24 Å². The Morgan fingerprint density at radius 3 is 2.52 bits per heavy atom. The maximum atomic E-state index is 14.9. The fraction of sp³-hybridized carbons (Fsp3) is 0.233. The highest BCUT2D eigenvalue weighted by molar-refractivity contribution is 7.27. The average molecular weight is 666 g/mol.